The van der Waals surface area contributed by atoms with E-state index in [-0.39, 0.29) is 40.0 Å². The third kappa shape index (κ3) is 2.73. The van der Waals surface area contributed by atoms with Crippen molar-refractivity contribution < 1.29 is 22.0 Å². The van der Waals surface area contributed by atoms with Crippen LogP contribution in [-0.4, -0.2) is 12.3 Å². The van der Waals surface area contributed by atoms with E-state index >= 15 is 0 Å². The second kappa shape index (κ2) is 6.52. The molecule has 0 spiro atoms. The number of fused-ring (bicyclic) bond motifs is 2. The second-order valence-corrected chi connectivity index (χ2v) is 7.44. The molecule has 0 aromatic heterocycles. The van der Waals surface area contributed by atoms with E-state index in [2.05, 4.69) is 12.6 Å². The molecule has 2 aliphatic rings. The van der Waals surface area contributed by atoms with Gasteiger partial charge in [0.25, 0.3) is 0 Å². The molecule has 0 N–H and O–H groups in total. The number of rotatable bonds is 1. The minimum atomic E-state index is -2.06. The number of benzene rings is 2. The van der Waals surface area contributed by atoms with Gasteiger partial charge in [-0.05, 0) is 46.9 Å². The van der Waals surface area contributed by atoms with Gasteiger partial charge in [-0.25, -0.2) is 22.0 Å². The van der Waals surface area contributed by atoms with Crippen LogP contribution >= 0.6 is 12.6 Å². The number of alkyl halides is 4. The quantitative estimate of drug-likeness (QED) is 0.481. The molecule has 0 unspecified atom stereocenters. The van der Waals surface area contributed by atoms with Crippen LogP contribution in [0.2, 0.25) is 0 Å². The van der Waals surface area contributed by atoms with Crippen LogP contribution in [-0.2, 0) is 6.42 Å². The molecule has 5 atom stereocenters. The maximum absolute atomic E-state index is 14.4. The van der Waals surface area contributed by atoms with Crippen molar-refractivity contribution in [2.24, 2.45) is 0 Å². The van der Waals surface area contributed by atoms with Gasteiger partial charge in [-0.1, -0.05) is 6.07 Å². The molecule has 0 heterocycles. The minimum absolute atomic E-state index is 0.0974. The molecule has 0 fully saturated rings. The summed E-state index contributed by atoms with van der Waals surface area (Å²) in [6.07, 6.45) is -8.04. The van der Waals surface area contributed by atoms with E-state index in [4.69, 9.17) is 0 Å². The Kier molecular flexibility index (Phi) is 4.42. The monoisotopic (exact) mass is 395 g/mol. The first kappa shape index (κ1) is 18.3. The van der Waals surface area contributed by atoms with Gasteiger partial charge < -0.3 is 0 Å². The van der Waals surface area contributed by atoms with Gasteiger partial charge in [-0.15, -0.1) is 12.6 Å². The van der Waals surface area contributed by atoms with Gasteiger partial charge >= 0.3 is 0 Å². The first-order valence-corrected chi connectivity index (χ1v) is 8.92. The molecule has 0 aliphatic heterocycles. The first-order valence-electron chi connectivity index (χ1n) is 8.47. The molecule has 7 heteroatoms. The van der Waals surface area contributed by atoms with Crippen LogP contribution in [0.4, 0.5) is 22.0 Å². The maximum Gasteiger partial charge on any atom is 0.158 e. The SMILES string of the molecule is N#Cc1cc(F)cc2c1[C@@H](c1ccc(S)c3c1C[C@@H](F)[C@@H]3F)C[C@H](F)[C@@H]2F. The topological polar surface area (TPSA) is 23.8 Å². The molecular weight excluding hydrogens is 381 g/mol. The van der Waals surface area contributed by atoms with Crippen LogP contribution in [0.1, 0.15) is 58.1 Å². The minimum Gasteiger partial charge on any atom is -0.244 e. The summed E-state index contributed by atoms with van der Waals surface area (Å²) in [7, 11) is 0. The average Bonchev–Trinajstić information content (AvgIpc) is 2.94. The summed E-state index contributed by atoms with van der Waals surface area (Å²) in [6.45, 7) is 0. The predicted octanol–water partition coefficient (Wildman–Crippen LogP) is 5.78. The Morgan fingerprint density at radius 2 is 1.70 bits per heavy atom. The van der Waals surface area contributed by atoms with Gasteiger partial charge in [-0.3, -0.25) is 0 Å². The van der Waals surface area contributed by atoms with Crippen LogP contribution in [0, 0.1) is 17.1 Å². The van der Waals surface area contributed by atoms with Crippen molar-refractivity contribution in [2.45, 2.75) is 48.3 Å². The highest BCUT2D eigenvalue weighted by molar-refractivity contribution is 7.80. The lowest BCUT2D eigenvalue weighted by Crippen LogP contribution is -2.25. The largest absolute Gasteiger partial charge is 0.244 e. The summed E-state index contributed by atoms with van der Waals surface area (Å²) in [4.78, 5) is 0.289. The third-order valence-electron chi connectivity index (χ3n) is 5.46. The summed E-state index contributed by atoms with van der Waals surface area (Å²) in [5.41, 5.74) is 0.793. The highest BCUT2D eigenvalue weighted by Crippen LogP contribution is 2.50. The average molecular weight is 395 g/mol. The molecule has 2 aromatic carbocycles. The molecule has 1 nitrogen and oxygen atoms in total. The molecule has 140 valence electrons. The Labute approximate surface area is 158 Å². The van der Waals surface area contributed by atoms with Crippen LogP contribution in [0.25, 0.3) is 0 Å². The number of nitriles is 1. The zero-order valence-corrected chi connectivity index (χ0v) is 14.8. The molecule has 0 radical (unpaired) electrons. The van der Waals surface area contributed by atoms with Crippen LogP contribution in [0.15, 0.2) is 29.2 Å². The second-order valence-electron chi connectivity index (χ2n) is 6.96. The number of halogens is 5. The Morgan fingerprint density at radius 1 is 0.963 bits per heavy atom. The maximum atomic E-state index is 14.4. The fourth-order valence-electron chi connectivity index (χ4n) is 4.30. The van der Waals surface area contributed by atoms with Crippen molar-refractivity contribution in [1.82, 2.24) is 0 Å². The van der Waals surface area contributed by atoms with Crippen LogP contribution < -0.4 is 0 Å². The van der Waals surface area contributed by atoms with Crippen molar-refractivity contribution in [3.8, 4) is 6.07 Å². The first-order chi connectivity index (χ1) is 12.8. The molecule has 0 saturated carbocycles. The number of hydrogen-bond acceptors (Lipinski definition) is 2. The van der Waals surface area contributed by atoms with E-state index in [1.54, 1.807) is 6.07 Å². The van der Waals surface area contributed by atoms with Gasteiger partial charge in [0, 0.05) is 22.8 Å². The molecule has 27 heavy (non-hydrogen) atoms. The fourth-order valence-corrected chi connectivity index (χ4v) is 4.63. The number of thiol groups is 1. The van der Waals surface area contributed by atoms with Gasteiger partial charge in [0.2, 0.25) is 0 Å². The van der Waals surface area contributed by atoms with Crippen molar-refractivity contribution in [3.63, 3.8) is 0 Å². The smallest absolute Gasteiger partial charge is 0.158 e. The Hall–Kier alpha value is -2.07. The molecule has 2 aliphatic carbocycles. The van der Waals surface area contributed by atoms with E-state index in [1.165, 1.54) is 6.07 Å². The lowest BCUT2D eigenvalue weighted by atomic mass is 9.74. The molecule has 4 rings (SSSR count). The Bertz CT molecular complexity index is 970. The highest BCUT2D eigenvalue weighted by Gasteiger charge is 2.42. The molecule has 0 bridgehead atoms. The highest BCUT2D eigenvalue weighted by atomic mass is 32.1. The summed E-state index contributed by atoms with van der Waals surface area (Å²) in [5, 5.41) is 9.39. The third-order valence-corrected chi connectivity index (χ3v) is 5.85. The predicted molar refractivity (Wildman–Crippen MR) is 92.5 cm³/mol. The standard InChI is InChI=1S/C20H14F5NS/c21-9-3-8(7-26)17-11(5-14(22)19(24)13(17)4-9)10-1-2-16(27)18-12(10)6-15(23)20(18)25/h1-4,11,14-15,19-20,27H,5-6H2/t11-,14+,15-,19-,20+/m1/s1. The lowest BCUT2D eigenvalue weighted by molar-refractivity contribution is 0.141. The van der Waals surface area contributed by atoms with Crippen molar-refractivity contribution in [2.75, 3.05) is 0 Å². The normalized spacial score (nSPS) is 29.1. The Morgan fingerprint density at radius 3 is 2.41 bits per heavy atom. The molecule has 0 amide bonds. The van der Waals surface area contributed by atoms with E-state index in [0.717, 1.165) is 12.1 Å². The summed E-state index contributed by atoms with van der Waals surface area (Å²) >= 11 is 4.20. The Balaban J connectivity index is 1.96. The number of hydrogen-bond donors (Lipinski definition) is 1. The zero-order valence-electron chi connectivity index (χ0n) is 13.9. The number of nitrogens with zero attached hydrogens (tertiary/aromatic N) is 1. The van der Waals surface area contributed by atoms with Crippen LogP contribution in [0.3, 0.4) is 0 Å². The van der Waals surface area contributed by atoms with Gasteiger partial charge in [0.1, 0.15) is 18.2 Å². The van der Waals surface area contributed by atoms with E-state index in [0.29, 0.717) is 11.1 Å². The van der Waals surface area contributed by atoms with Crippen LogP contribution in [0.5, 0.6) is 0 Å². The van der Waals surface area contributed by atoms with Gasteiger partial charge in [0.05, 0.1) is 11.6 Å². The molecule has 0 saturated heterocycles. The fraction of sp³-hybridized carbons (Fsp3) is 0.350. The van der Waals surface area contributed by atoms with E-state index < -0.39 is 36.4 Å². The van der Waals surface area contributed by atoms with Crippen molar-refractivity contribution in [1.29, 1.82) is 5.26 Å². The lowest BCUT2D eigenvalue weighted by Gasteiger charge is -2.32. The van der Waals surface area contributed by atoms with Crippen molar-refractivity contribution >= 4 is 12.6 Å². The van der Waals surface area contributed by atoms with E-state index in [1.807, 2.05) is 6.07 Å². The van der Waals surface area contributed by atoms with Crippen molar-refractivity contribution in [3.05, 3.63) is 63.5 Å². The molecular formula is C20H14F5NS. The van der Waals surface area contributed by atoms with E-state index in [9.17, 15) is 27.2 Å². The zero-order chi connectivity index (χ0) is 19.5. The summed E-state index contributed by atoms with van der Waals surface area (Å²) in [6, 6.07) is 6.77. The summed E-state index contributed by atoms with van der Waals surface area (Å²) < 4.78 is 70.9. The van der Waals surface area contributed by atoms with Gasteiger partial charge in [-0.2, -0.15) is 5.26 Å². The molecule has 2 aromatic rings. The van der Waals surface area contributed by atoms with Gasteiger partial charge in [0.15, 0.2) is 12.3 Å². The summed E-state index contributed by atoms with van der Waals surface area (Å²) in [5.74, 6) is -1.62.